The Morgan fingerprint density at radius 3 is 2.35 bits per heavy atom. The highest BCUT2D eigenvalue weighted by Crippen LogP contribution is 2.33. The van der Waals surface area contributed by atoms with Gasteiger partial charge in [-0.3, -0.25) is 0 Å². The van der Waals surface area contributed by atoms with Crippen LogP contribution >= 0.6 is 0 Å². The summed E-state index contributed by atoms with van der Waals surface area (Å²) < 4.78 is 59.9. The Morgan fingerprint density at radius 2 is 1.81 bits per heavy atom. The summed E-state index contributed by atoms with van der Waals surface area (Å²) in [7, 11) is -3.48. The first-order chi connectivity index (χ1) is 14.7. The summed E-state index contributed by atoms with van der Waals surface area (Å²) in [6.07, 6.45) is 0.931. The molecule has 2 N–H and O–H groups in total. The maximum absolute atomic E-state index is 12.9. The molecule has 0 bridgehead atoms. The summed E-state index contributed by atoms with van der Waals surface area (Å²) in [6, 6.07) is 10.00. The van der Waals surface area contributed by atoms with E-state index >= 15 is 0 Å². The Morgan fingerprint density at radius 1 is 1.10 bits per heavy atom. The molecule has 8 nitrogen and oxygen atoms in total. The number of sulfone groups is 1. The molecule has 3 rings (SSSR count). The second-order valence-electron chi connectivity index (χ2n) is 6.54. The van der Waals surface area contributed by atoms with Gasteiger partial charge in [0.2, 0.25) is 0 Å². The molecule has 0 atom stereocenters. The van der Waals surface area contributed by atoms with Crippen molar-refractivity contribution in [1.29, 1.82) is 0 Å². The van der Waals surface area contributed by atoms with Crippen molar-refractivity contribution in [2.24, 2.45) is 0 Å². The van der Waals surface area contributed by atoms with Crippen molar-refractivity contribution in [2.75, 3.05) is 19.6 Å². The first kappa shape index (κ1) is 22.2. The number of pyridine rings is 1. The molecule has 164 valence electrons. The van der Waals surface area contributed by atoms with Crippen LogP contribution in [0.2, 0.25) is 0 Å². The van der Waals surface area contributed by atoms with Crippen LogP contribution in [0.25, 0.3) is 11.3 Å². The van der Waals surface area contributed by atoms with E-state index in [0.29, 0.717) is 11.3 Å². The van der Waals surface area contributed by atoms with Gasteiger partial charge in [-0.25, -0.2) is 27.0 Å². The Labute approximate surface area is 176 Å². The summed E-state index contributed by atoms with van der Waals surface area (Å²) in [5.74, 6) is -0.646. The van der Waals surface area contributed by atoms with Gasteiger partial charge in [-0.15, -0.1) is 0 Å². The molecule has 0 aliphatic heterocycles. The molecule has 0 aliphatic carbocycles. The zero-order chi connectivity index (χ0) is 22.6. The molecular weight excluding hydrogens is 434 g/mol. The van der Waals surface area contributed by atoms with Crippen molar-refractivity contribution < 1.29 is 36.6 Å². The molecule has 2 heterocycles. The van der Waals surface area contributed by atoms with Gasteiger partial charge in [-0.05, 0) is 36.4 Å². The number of H-pyrrole nitrogens is 1. The fraction of sp³-hybridized carbons (Fsp3) is 0.200. The number of ether oxygens (including phenoxy) is 2. The van der Waals surface area contributed by atoms with Crippen molar-refractivity contribution in [1.82, 2.24) is 9.97 Å². The molecule has 31 heavy (non-hydrogen) atoms. The lowest BCUT2D eigenvalue weighted by atomic mass is 10.1. The number of carbonyl (C=O) groups is 1. The van der Waals surface area contributed by atoms with Crippen LogP contribution in [0.15, 0.2) is 53.7 Å². The van der Waals surface area contributed by atoms with Crippen LogP contribution in [-0.4, -0.2) is 55.2 Å². The number of aromatic carboxylic acids is 1. The van der Waals surface area contributed by atoms with Gasteiger partial charge in [0.25, 0.3) is 0 Å². The topological polar surface area (TPSA) is 119 Å². The third-order valence-electron chi connectivity index (χ3n) is 4.08. The number of benzene rings is 1. The molecule has 0 fully saturated rings. The Hall–Kier alpha value is -3.47. The van der Waals surface area contributed by atoms with E-state index in [2.05, 4.69) is 9.97 Å². The van der Waals surface area contributed by atoms with Crippen LogP contribution in [0, 0.1) is 0 Å². The number of carboxylic acid groups (broad SMARTS) is 1. The van der Waals surface area contributed by atoms with Gasteiger partial charge >= 0.3 is 5.97 Å². The van der Waals surface area contributed by atoms with Crippen molar-refractivity contribution in [3.8, 4) is 28.5 Å². The van der Waals surface area contributed by atoms with E-state index in [0.717, 1.165) is 6.26 Å². The summed E-state index contributed by atoms with van der Waals surface area (Å²) in [6.45, 7) is -2.08. The number of halogens is 2. The molecule has 0 saturated carbocycles. The van der Waals surface area contributed by atoms with Crippen LogP contribution in [0.4, 0.5) is 8.78 Å². The zero-order valence-electron chi connectivity index (χ0n) is 16.2. The molecule has 0 aliphatic rings. The van der Waals surface area contributed by atoms with E-state index in [1.165, 1.54) is 42.6 Å². The monoisotopic (exact) mass is 452 g/mol. The fourth-order valence-electron chi connectivity index (χ4n) is 2.62. The summed E-state index contributed by atoms with van der Waals surface area (Å²) >= 11 is 0. The van der Waals surface area contributed by atoms with Crippen LogP contribution < -0.4 is 9.47 Å². The predicted octanol–water partition coefficient (Wildman–Crippen LogP) is 3.66. The third kappa shape index (κ3) is 5.57. The van der Waals surface area contributed by atoms with Crippen LogP contribution in [-0.2, 0) is 9.84 Å². The first-order valence-corrected chi connectivity index (χ1v) is 10.8. The number of aromatic amines is 1. The fourth-order valence-corrected chi connectivity index (χ4v) is 3.18. The van der Waals surface area contributed by atoms with Crippen LogP contribution in [0.1, 0.15) is 10.5 Å². The van der Waals surface area contributed by atoms with Gasteiger partial charge in [0.1, 0.15) is 36.3 Å². The number of hydrogen-bond donors (Lipinski definition) is 2. The molecule has 1 aromatic carbocycles. The highest BCUT2D eigenvalue weighted by Gasteiger charge is 2.15. The quantitative estimate of drug-likeness (QED) is 0.509. The van der Waals surface area contributed by atoms with Gasteiger partial charge in [0.05, 0.1) is 6.20 Å². The minimum absolute atomic E-state index is 0.0465. The molecule has 0 saturated heterocycles. The van der Waals surface area contributed by atoms with Crippen molar-refractivity contribution in [2.45, 2.75) is 11.1 Å². The second-order valence-corrected chi connectivity index (χ2v) is 8.50. The van der Waals surface area contributed by atoms with E-state index in [1.807, 2.05) is 0 Å². The number of hydrogen-bond acceptors (Lipinski definition) is 6. The lowest BCUT2D eigenvalue weighted by Gasteiger charge is -2.15. The average molecular weight is 452 g/mol. The number of aromatic nitrogens is 2. The molecule has 0 amide bonds. The van der Waals surface area contributed by atoms with Crippen molar-refractivity contribution in [3.63, 3.8) is 0 Å². The standard InChI is InChI=1S/C20H18F2N2O6S/c1-31(27,28)19-5-2-13(11-23-19)29-14-6-12(17-3-4-18(24-17)20(25)26)7-15(8-14)30-16(9-21)10-22/h2-8,11,16,24H,9-10H2,1H3,(H,25,26). The number of carboxylic acids is 1. The maximum atomic E-state index is 12.9. The third-order valence-corrected chi connectivity index (χ3v) is 5.08. The number of nitrogens with one attached hydrogen (secondary N) is 1. The van der Waals surface area contributed by atoms with E-state index in [-0.39, 0.29) is 28.0 Å². The lowest BCUT2D eigenvalue weighted by Crippen LogP contribution is -2.21. The Kier molecular flexibility index (Phi) is 6.54. The Bertz CT molecular complexity index is 1170. The minimum Gasteiger partial charge on any atom is -0.485 e. The molecule has 2 aromatic heterocycles. The zero-order valence-corrected chi connectivity index (χ0v) is 17.0. The van der Waals surface area contributed by atoms with Gasteiger partial charge in [0.15, 0.2) is 21.0 Å². The number of nitrogens with zero attached hydrogens (tertiary/aromatic N) is 1. The smallest absolute Gasteiger partial charge is 0.352 e. The highest BCUT2D eigenvalue weighted by atomic mass is 32.2. The summed E-state index contributed by atoms with van der Waals surface area (Å²) in [5.41, 5.74) is 0.808. The van der Waals surface area contributed by atoms with Crippen LogP contribution in [0.3, 0.4) is 0 Å². The van der Waals surface area contributed by atoms with Crippen molar-refractivity contribution >= 4 is 15.8 Å². The van der Waals surface area contributed by atoms with E-state index in [1.54, 1.807) is 6.07 Å². The molecule has 3 aromatic rings. The Balaban J connectivity index is 1.96. The second kappa shape index (κ2) is 9.13. The normalized spacial score (nSPS) is 11.5. The maximum Gasteiger partial charge on any atom is 0.352 e. The largest absolute Gasteiger partial charge is 0.485 e. The first-order valence-electron chi connectivity index (χ1n) is 8.90. The number of rotatable bonds is 9. The molecule has 0 spiro atoms. The molecule has 0 unspecified atom stereocenters. The van der Waals surface area contributed by atoms with E-state index in [9.17, 15) is 22.0 Å². The summed E-state index contributed by atoms with van der Waals surface area (Å²) in [4.78, 5) is 17.7. The lowest BCUT2D eigenvalue weighted by molar-refractivity contribution is 0.0691. The van der Waals surface area contributed by atoms with Gasteiger partial charge in [0, 0.05) is 23.6 Å². The summed E-state index contributed by atoms with van der Waals surface area (Å²) in [5, 5.41) is 8.97. The predicted molar refractivity (Wildman–Crippen MR) is 107 cm³/mol. The van der Waals surface area contributed by atoms with Crippen molar-refractivity contribution in [3.05, 3.63) is 54.4 Å². The van der Waals surface area contributed by atoms with E-state index < -0.39 is 35.3 Å². The van der Waals surface area contributed by atoms with Crippen LogP contribution in [0.5, 0.6) is 17.2 Å². The number of alkyl halides is 2. The van der Waals surface area contributed by atoms with Gasteiger partial charge < -0.3 is 19.6 Å². The minimum atomic E-state index is -3.48. The van der Waals surface area contributed by atoms with Gasteiger partial charge in [-0.2, -0.15) is 0 Å². The van der Waals surface area contributed by atoms with Gasteiger partial charge in [-0.1, -0.05) is 0 Å². The molecule has 0 radical (unpaired) electrons. The molecular formula is C20H18F2N2O6S. The van der Waals surface area contributed by atoms with E-state index in [4.69, 9.17) is 14.6 Å². The average Bonchev–Trinajstić information content (AvgIpc) is 3.22. The highest BCUT2D eigenvalue weighted by molar-refractivity contribution is 7.90. The molecule has 11 heteroatoms. The SMILES string of the molecule is CS(=O)(=O)c1ccc(Oc2cc(OC(CF)CF)cc(-c3ccc(C(=O)O)[nH]3)c2)cn1.